The second kappa shape index (κ2) is 6.79. The summed E-state index contributed by atoms with van der Waals surface area (Å²) < 4.78 is 0.628. The average molecular weight is 339 g/mol. The van der Waals surface area contributed by atoms with E-state index in [0.717, 1.165) is 18.4 Å². The van der Waals surface area contributed by atoms with Crippen LogP contribution in [-0.2, 0) is 6.54 Å². The fraction of sp³-hybridized carbons (Fsp3) is 0.400. The summed E-state index contributed by atoms with van der Waals surface area (Å²) in [5.74, 6) is 0.662. The molecule has 0 saturated heterocycles. The molecule has 0 heterocycles. The van der Waals surface area contributed by atoms with Gasteiger partial charge in [-0.2, -0.15) is 0 Å². The maximum absolute atomic E-state index is 11.9. The molecule has 108 valence electrons. The van der Waals surface area contributed by atoms with Crippen molar-refractivity contribution in [3.05, 3.63) is 40.4 Å². The molecule has 0 aliphatic heterocycles. The SMILES string of the molecule is C[C@@H]1CC=CC[C@H]1NC(=O)NCc1ccc(O)c(Br)c1. The van der Waals surface area contributed by atoms with E-state index in [1.54, 1.807) is 18.2 Å². The fourth-order valence-corrected chi connectivity index (χ4v) is 2.64. The number of nitrogens with one attached hydrogen (secondary N) is 2. The molecule has 1 aliphatic rings. The third kappa shape index (κ3) is 4.00. The maximum atomic E-state index is 11.9. The summed E-state index contributed by atoms with van der Waals surface area (Å²) >= 11 is 3.25. The Kier molecular flexibility index (Phi) is 5.06. The predicted molar refractivity (Wildman–Crippen MR) is 82.5 cm³/mol. The summed E-state index contributed by atoms with van der Waals surface area (Å²) in [6.45, 7) is 2.58. The number of carbonyl (C=O) groups excluding carboxylic acids is 1. The van der Waals surface area contributed by atoms with Gasteiger partial charge >= 0.3 is 6.03 Å². The van der Waals surface area contributed by atoms with E-state index in [2.05, 4.69) is 45.6 Å². The molecule has 0 radical (unpaired) electrons. The molecule has 5 heteroatoms. The van der Waals surface area contributed by atoms with E-state index >= 15 is 0 Å². The highest BCUT2D eigenvalue weighted by molar-refractivity contribution is 9.10. The molecule has 3 N–H and O–H groups in total. The zero-order valence-electron chi connectivity index (χ0n) is 11.4. The molecule has 0 saturated carbocycles. The van der Waals surface area contributed by atoms with Crippen LogP contribution in [0.4, 0.5) is 4.79 Å². The van der Waals surface area contributed by atoms with E-state index in [0.29, 0.717) is 16.9 Å². The van der Waals surface area contributed by atoms with Crippen LogP contribution in [0.5, 0.6) is 5.75 Å². The molecule has 1 aromatic carbocycles. The molecular formula is C15H19BrN2O2. The minimum Gasteiger partial charge on any atom is -0.507 e. The van der Waals surface area contributed by atoms with Crippen molar-refractivity contribution in [3.63, 3.8) is 0 Å². The van der Waals surface area contributed by atoms with Crippen LogP contribution >= 0.6 is 15.9 Å². The van der Waals surface area contributed by atoms with Gasteiger partial charge in [0, 0.05) is 12.6 Å². The second-order valence-electron chi connectivity index (χ2n) is 5.14. The smallest absolute Gasteiger partial charge is 0.315 e. The summed E-state index contributed by atoms with van der Waals surface area (Å²) in [5, 5.41) is 15.3. The standard InChI is InChI=1S/C15H19BrN2O2/c1-10-4-2-3-5-13(10)18-15(20)17-9-11-6-7-14(19)12(16)8-11/h2-3,6-8,10,13,19H,4-5,9H2,1H3,(H2,17,18,20)/t10-,13-/m1/s1. The number of aromatic hydroxyl groups is 1. The molecule has 0 unspecified atom stereocenters. The molecule has 2 amide bonds. The van der Waals surface area contributed by atoms with Crippen molar-refractivity contribution >= 4 is 22.0 Å². The molecular weight excluding hydrogens is 320 g/mol. The Morgan fingerprint density at radius 3 is 2.85 bits per heavy atom. The zero-order valence-corrected chi connectivity index (χ0v) is 13.0. The number of phenols is 1. The van der Waals surface area contributed by atoms with Gasteiger partial charge in [-0.25, -0.2) is 4.79 Å². The Balaban J connectivity index is 1.82. The van der Waals surface area contributed by atoms with Gasteiger partial charge in [0.25, 0.3) is 0 Å². The molecule has 0 bridgehead atoms. The first-order valence-corrected chi connectivity index (χ1v) is 7.52. The Hall–Kier alpha value is -1.49. The molecule has 20 heavy (non-hydrogen) atoms. The normalized spacial score (nSPS) is 21.5. The van der Waals surface area contributed by atoms with Gasteiger partial charge in [0.2, 0.25) is 0 Å². The van der Waals surface area contributed by atoms with Gasteiger partial charge in [-0.1, -0.05) is 25.1 Å². The lowest BCUT2D eigenvalue weighted by Crippen LogP contribution is -2.45. The van der Waals surface area contributed by atoms with Crippen molar-refractivity contribution in [1.29, 1.82) is 0 Å². The van der Waals surface area contributed by atoms with E-state index < -0.39 is 0 Å². The van der Waals surface area contributed by atoms with Crippen LogP contribution < -0.4 is 10.6 Å². The quantitative estimate of drug-likeness (QED) is 0.740. The van der Waals surface area contributed by atoms with Gasteiger partial charge in [0.1, 0.15) is 5.75 Å². The van der Waals surface area contributed by atoms with Crippen molar-refractivity contribution in [3.8, 4) is 5.75 Å². The van der Waals surface area contributed by atoms with Crippen LogP contribution in [0.15, 0.2) is 34.8 Å². The van der Waals surface area contributed by atoms with Crippen LogP contribution in [-0.4, -0.2) is 17.2 Å². The number of allylic oxidation sites excluding steroid dienone is 1. The maximum Gasteiger partial charge on any atom is 0.315 e. The molecule has 1 aliphatic carbocycles. The van der Waals surface area contributed by atoms with Crippen LogP contribution in [0.1, 0.15) is 25.3 Å². The molecule has 0 aromatic heterocycles. The van der Waals surface area contributed by atoms with Crippen molar-refractivity contribution in [2.45, 2.75) is 32.4 Å². The largest absolute Gasteiger partial charge is 0.507 e. The molecule has 0 spiro atoms. The van der Waals surface area contributed by atoms with Crippen molar-refractivity contribution in [2.24, 2.45) is 5.92 Å². The summed E-state index contributed by atoms with van der Waals surface area (Å²) in [6, 6.07) is 5.23. The van der Waals surface area contributed by atoms with Crippen molar-refractivity contribution < 1.29 is 9.90 Å². The van der Waals surface area contributed by atoms with E-state index in [1.165, 1.54) is 0 Å². The van der Waals surface area contributed by atoms with Gasteiger partial charge < -0.3 is 15.7 Å². The number of amides is 2. The molecule has 4 nitrogen and oxygen atoms in total. The summed E-state index contributed by atoms with van der Waals surface area (Å²) in [5.41, 5.74) is 0.932. The van der Waals surface area contributed by atoms with E-state index in [1.807, 2.05) is 0 Å². The Labute approximate surface area is 127 Å². The summed E-state index contributed by atoms with van der Waals surface area (Å²) in [7, 11) is 0. The molecule has 1 aromatic rings. The van der Waals surface area contributed by atoms with Crippen LogP contribution in [0.2, 0.25) is 0 Å². The first kappa shape index (κ1) is 14.9. The topological polar surface area (TPSA) is 61.4 Å². The Morgan fingerprint density at radius 2 is 2.15 bits per heavy atom. The van der Waals surface area contributed by atoms with E-state index in [9.17, 15) is 9.90 Å². The lowest BCUT2D eigenvalue weighted by atomic mass is 9.91. The number of carbonyl (C=O) groups is 1. The van der Waals surface area contributed by atoms with Crippen LogP contribution in [0.25, 0.3) is 0 Å². The van der Waals surface area contributed by atoms with E-state index in [4.69, 9.17) is 0 Å². The number of hydrogen-bond donors (Lipinski definition) is 3. The minimum atomic E-state index is -0.152. The van der Waals surface area contributed by atoms with Crippen molar-refractivity contribution in [2.75, 3.05) is 0 Å². The monoisotopic (exact) mass is 338 g/mol. The third-order valence-electron chi connectivity index (χ3n) is 3.53. The summed E-state index contributed by atoms with van der Waals surface area (Å²) in [6.07, 6.45) is 6.17. The second-order valence-corrected chi connectivity index (χ2v) is 5.99. The Morgan fingerprint density at radius 1 is 1.40 bits per heavy atom. The molecule has 0 fully saturated rings. The Bertz CT molecular complexity index is 517. The zero-order chi connectivity index (χ0) is 14.5. The van der Waals surface area contributed by atoms with E-state index in [-0.39, 0.29) is 17.8 Å². The lowest BCUT2D eigenvalue weighted by Gasteiger charge is -2.26. The minimum absolute atomic E-state index is 0.152. The predicted octanol–water partition coefficient (Wildman–Crippen LogP) is 3.31. The summed E-state index contributed by atoms with van der Waals surface area (Å²) in [4.78, 5) is 11.9. The number of urea groups is 1. The average Bonchev–Trinajstić information content (AvgIpc) is 2.43. The first-order chi connectivity index (χ1) is 9.56. The first-order valence-electron chi connectivity index (χ1n) is 6.73. The van der Waals surface area contributed by atoms with Gasteiger partial charge in [-0.15, -0.1) is 0 Å². The third-order valence-corrected chi connectivity index (χ3v) is 4.17. The van der Waals surface area contributed by atoms with Gasteiger partial charge in [-0.3, -0.25) is 0 Å². The van der Waals surface area contributed by atoms with Gasteiger partial charge in [-0.05, 0) is 52.4 Å². The number of rotatable bonds is 3. The fourth-order valence-electron chi connectivity index (χ4n) is 2.21. The lowest BCUT2D eigenvalue weighted by molar-refractivity contribution is 0.231. The molecule has 2 atom stereocenters. The number of hydrogen-bond acceptors (Lipinski definition) is 2. The number of phenolic OH excluding ortho intramolecular Hbond substituents is 1. The van der Waals surface area contributed by atoms with Gasteiger partial charge in [0.15, 0.2) is 0 Å². The van der Waals surface area contributed by atoms with Crippen molar-refractivity contribution in [1.82, 2.24) is 10.6 Å². The van der Waals surface area contributed by atoms with Gasteiger partial charge in [0.05, 0.1) is 4.47 Å². The highest BCUT2D eigenvalue weighted by Gasteiger charge is 2.19. The number of benzene rings is 1. The van der Waals surface area contributed by atoms with Crippen LogP contribution in [0.3, 0.4) is 0 Å². The number of halogens is 1. The highest BCUT2D eigenvalue weighted by Crippen LogP contribution is 2.24. The van der Waals surface area contributed by atoms with Crippen LogP contribution in [0, 0.1) is 5.92 Å². The highest BCUT2D eigenvalue weighted by atomic mass is 79.9. The molecule has 2 rings (SSSR count).